The lowest BCUT2D eigenvalue weighted by Crippen LogP contribution is -2.41. The minimum absolute atomic E-state index is 0.0648. The third-order valence-electron chi connectivity index (χ3n) is 6.16. The molecule has 2 N–H and O–H groups in total. The average Bonchev–Trinajstić information content (AvgIpc) is 3.03. The molecule has 2 aromatic rings. The summed E-state index contributed by atoms with van der Waals surface area (Å²) in [5.41, 5.74) is 4.54. The van der Waals surface area contributed by atoms with Crippen molar-refractivity contribution >= 4 is 28.6 Å². The highest BCUT2D eigenvalue weighted by Crippen LogP contribution is 2.41. The quantitative estimate of drug-likeness (QED) is 0.403. The van der Waals surface area contributed by atoms with Crippen molar-refractivity contribution in [2.24, 2.45) is 0 Å². The predicted octanol–water partition coefficient (Wildman–Crippen LogP) is 4.10. The first-order valence-corrected chi connectivity index (χ1v) is 12.4. The smallest absolute Gasteiger partial charge is 0.456 e. The van der Waals surface area contributed by atoms with E-state index in [9.17, 15) is 18.5 Å². The molecule has 0 radical (unpaired) electrons. The number of para-hydroxylation sites is 1. The molecule has 2 aliphatic rings. The van der Waals surface area contributed by atoms with Crippen molar-refractivity contribution in [3.05, 3.63) is 76.9 Å². The van der Waals surface area contributed by atoms with Gasteiger partial charge in [-0.15, -0.1) is 0 Å². The topological polar surface area (TPSA) is 83.8 Å². The van der Waals surface area contributed by atoms with E-state index in [0.29, 0.717) is 19.3 Å². The van der Waals surface area contributed by atoms with Crippen LogP contribution in [0.5, 0.6) is 5.75 Å². The fraction of sp³-hybridized carbons (Fsp3) is 0.333. The fourth-order valence-electron chi connectivity index (χ4n) is 4.62. The van der Waals surface area contributed by atoms with Gasteiger partial charge in [0.15, 0.2) is 9.84 Å². The number of allylic oxidation sites excluding steroid dienone is 1. The van der Waals surface area contributed by atoms with E-state index in [1.54, 1.807) is 12.1 Å². The fourth-order valence-corrected chi connectivity index (χ4v) is 6.84. The van der Waals surface area contributed by atoms with E-state index in [2.05, 4.69) is 0 Å². The first kappa shape index (κ1) is 21.9. The number of hydrogen-bond acceptors (Lipinski definition) is 5. The number of phenols is 1. The van der Waals surface area contributed by atoms with Crippen LogP contribution in [0.2, 0.25) is 6.32 Å². The Morgan fingerprint density at radius 1 is 1.16 bits per heavy atom. The van der Waals surface area contributed by atoms with Crippen LogP contribution in [0, 0.1) is 0 Å². The lowest BCUT2D eigenvalue weighted by Gasteiger charge is -2.32. The summed E-state index contributed by atoms with van der Waals surface area (Å²) in [4.78, 5) is 0. The van der Waals surface area contributed by atoms with E-state index in [1.165, 1.54) is 0 Å². The summed E-state index contributed by atoms with van der Waals surface area (Å²) in [7, 11) is -4.36. The number of hydrogen-bond donors (Lipinski definition) is 2. The number of phenolic OH excluding ortho intramolecular Hbond substituents is 1. The lowest BCUT2D eigenvalue weighted by atomic mass is 9.74. The Labute approximate surface area is 184 Å². The van der Waals surface area contributed by atoms with Crippen molar-refractivity contribution in [1.82, 2.24) is 0 Å². The molecule has 2 heterocycles. The Kier molecular flexibility index (Phi) is 6.37. The van der Waals surface area contributed by atoms with Gasteiger partial charge in [0.05, 0.1) is 17.1 Å². The monoisotopic (exact) mass is 438 g/mol. The Bertz CT molecular complexity index is 1110. The van der Waals surface area contributed by atoms with Gasteiger partial charge in [-0.25, -0.2) is 8.42 Å². The molecule has 162 valence electrons. The Balaban J connectivity index is 1.65. The average molecular weight is 438 g/mol. The molecule has 0 bridgehead atoms. The van der Waals surface area contributed by atoms with Crippen molar-refractivity contribution in [3.63, 3.8) is 0 Å². The molecule has 0 spiro atoms. The largest absolute Gasteiger partial charge is 0.507 e. The Morgan fingerprint density at radius 2 is 1.87 bits per heavy atom. The van der Waals surface area contributed by atoms with Crippen LogP contribution in [0.3, 0.4) is 0 Å². The summed E-state index contributed by atoms with van der Waals surface area (Å²) < 4.78 is 31.1. The van der Waals surface area contributed by atoms with Gasteiger partial charge in [-0.1, -0.05) is 61.0 Å². The predicted molar refractivity (Wildman–Crippen MR) is 124 cm³/mol. The maximum atomic E-state index is 12.6. The minimum Gasteiger partial charge on any atom is -0.507 e. The molecule has 2 aromatic carbocycles. The molecule has 1 fully saturated rings. The van der Waals surface area contributed by atoms with Crippen molar-refractivity contribution in [1.29, 1.82) is 0 Å². The Hall–Kier alpha value is -2.35. The van der Waals surface area contributed by atoms with Crippen LogP contribution in [0.15, 0.2) is 65.7 Å². The molecular weight excluding hydrogens is 411 g/mol. The summed E-state index contributed by atoms with van der Waals surface area (Å²) in [6, 6.07) is 17.1. The molecule has 1 saturated heterocycles. The molecule has 31 heavy (non-hydrogen) atoms. The van der Waals surface area contributed by atoms with Crippen LogP contribution in [-0.2, 0) is 14.5 Å². The van der Waals surface area contributed by atoms with E-state index >= 15 is 0 Å². The van der Waals surface area contributed by atoms with Gasteiger partial charge in [-0.05, 0) is 48.1 Å². The minimum atomic E-state index is -3.28. The van der Waals surface area contributed by atoms with Gasteiger partial charge in [-0.3, -0.25) is 0 Å². The van der Waals surface area contributed by atoms with Crippen LogP contribution in [-0.4, -0.2) is 42.8 Å². The summed E-state index contributed by atoms with van der Waals surface area (Å²) in [6.07, 6.45) is 3.47. The van der Waals surface area contributed by atoms with Crippen LogP contribution in [0.1, 0.15) is 37.3 Å². The van der Waals surface area contributed by atoms with E-state index in [0.717, 1.165) is 27.8 Å². The summed E-state index contributed by atoms with van der Waals surface area (Å²) in [5.74, 6) is 0.271. The van der Waals surface area contributed by atoms with Gasteiger partial charge in [0.1, 0.15) is 5.75 Å². The number of benzene rings is 2. The summed E-state index contributed by atoms with van der Waals surface area (Å²) in [5, 5.41) is 19.8. The molecule has 7 heteroatoms. The maximum Gasteiger partial charge on any atom is 0.456 e. The molecule has 2 atom stereocenters. The zero-order chi connectivity index (χ0) is 22.0. The van der Waals surface area contributed by atoms with Gasteiger partial charge >= 0.3 is 7.12 Å². The third-order valence-corrected chi connectivity index (χ3v) is 8.23. The van der Waals surface area contributed by atoms with E-state index in [1.807, 2.05) is 55.5 Å². The van der Waals surface area contributed by atoms with Crippen LogP contribution in [0.4, 0.5) is 0 Å². The second-order valence-electron chi connectivity index (χ2n) is 8.16. The van der Waals surface area contributed by atoms with Crippen molar-refractivity contribution in [3.8, 4) is 5.75 Å². The summed E-state index contributed by atoms with van der Waals surface area (Å²) >= 11 is 0. The van der Waals surface area contributed by atoms with Crippen LogP contribution < -0.4 is 0 Å². The van der Waals surface area contributed by atoms with E-state index in [-0.39, 0.29) is 17.8 Å². The zero-order valence-electron chi connectivity index (χ0n) is 17.6. The first-order valence-electron chi connectivity index (χ1n) is 10.7. The maximum absolute atomic E-state index is 12.6. The van der Waals surface area contributed by atoms with Crippen molar-refractivity contribution in [2.45, 2.75) is 43.9 Å². The number of aromatic hydroxyl groups is 1. The lowest BCUT2D eigenvalue weighted by molar-refractivity contribution is 0.171. The highest BCUT2D eigenvalue weighted by Gasteiger charge is 2.47. The third kappa shape index (κ3) is 4.64. The second-order valence-corrected chi connectivity index (χ2v) is 10.3. The second kappa shape index (κ2) is 9.03. The first-order chi connectivity index (χ1) is 14.9. The molecule has 0 saturated carbocycles. The molecule has 0 amide bonds. The number of sulfone groups is 1. The molecule has 2 aliphatic heterocycles. The molecule has 0 unspecified atom stereocenters. The molecule has 0 aliphatic carbocycles. The molecule has 5 nitrogen and oxygen atoms in total. The van der Waals surface area contributed by atoms with Gasteiger partial charge in [-0.2, -0.15) is 0 Å². The molecule has 4 rings (SSSR count). The number of fused-ring (bicyclic) bond motifs is 1. The van der Waals surface area contributed by atoms with Crippen molar-refractivity contribution < 1.29 is 23.2 Å². The van der Waals surface area contributed by atoms with Gasteiger partial charge in [0, 0.05) is 11.9 Å². The summed E-state index contributed by atoms with van der Waals surface area (Å²) in [6.45, 7) is 1.97. The molecule has 0 aromatic heterocycles. The zero-order valence-corrected chi connectivity index (χ0v) is 18.4. The van der Waals surface area contributed by atoms with Gasteiger partial charge < -0.3 is 14.8 Å². The van der Waals surface area contributed by atoms with Gasteiger partial charge in [0.25, 0.3) is 0 Å². The molecular formula is C24H27BO5S. The highest BCUT2D eigenvalue weighted by molar-refractivity contribution is 7.92. The SMILES string of the molecule is CCC1=C2[C@@H](CC/C(=C/c3ccccc3O)c3ccccc3)OB(O)C[C@@H]2S(=O)(=O)C1. The van der Waals surface area contributed by atoms with Crippen LogP contribution in [0.25, 0.3) is 11.6 Å². The van der Waals surface area contributed by atoms with E-state index in [4.69, 9.17) is 4.65 Å². The normalized spacial score (nSPS) is 23.2. The van der Waals surface area contributed by atoms with Crippen LogP contribution >= 0.6 is 0 Å². The van der Waals surface area contributed by atoms with Gasteiger partial charge in [0.2, 0.25) is 0 Å². The van der Waals surface area contributed by atoms with Crippen molar-refractivity contribution in [2.75, 3.05) is 5.75 Å². The number of rotatable bonds is 6. The Morgan fingerprint density at radius 3 is 2.58 bits per heavy atom. The highest BCUT2D eigenvalue weighted by atomic mass is 32.2. The van der Waals surface area contributed by atoms with E-state index < -0.39 is 28.3 Å². The standard InChI is InChI=1S/C24H27BO5S/c1-2-17-16-31(28,29)23-15-25(27)30-22(24(17)23)13-12-19(18-8-4-3-5-9-18)14-20-10-6-7-11-21(20)26/h3-11,14,22-23,26-27H,2,12-13,15-16H2,1H3/b19-14-/t22-,23+/m1/s1.